The highest BCUT2D eigenvalue weighted by molar-refractivity contribution is 7.99. The average Bonchev–Trinajstić information content (AvgIpc) is 3.19. The van der Waals surface area contributed by atoms with E-state index in [2.05, 4.69) is 19.9 Å². The first-order valence-electron chi connectivity index (χ1n) is 7.17. The molecule has 3 heterocycles. The molecule has 0 aliphatic carbocycles. The van der Waals surface area contributed by atoms with Crippen LogP contribution in [0.5, 0.6) is 0 Å². The Balaban J connectivity index is 1.50. The van der Waals surface area contributed by atoms with Crippen molar-refractivity contribution >= 4 is 34.5 Å². The number of para-hydroxylation sites is 1. The Bertz CT molecular complexity index is 948. The topological polar surface area (TPSA) is 94.7 Å². The van der Waals surface area contributed by atoms with Crippen molar-refractivity contribution < 1.29 is 4.79 Å². The van der Waals surface area contributed by atoms with Gasteiger partial charge in [-0.2, -0.15) is 0 Å². The Kier molecular flexibility index (Phi) is 3.38. The summed E-state index contributed by atoms with van der Waals surface area (Å²) in [5.41, 5.74) is 2.58. The Morgan fingerprint density at radius 1 is 1.35 bits per heavy atom. The van der Waals surface area contributed by atoms with Crippen LogP contribution >= 0.6 is 11.8 Å². The molecule has 0 radical (unpaired) electrons. The number of nitrogens with one attached hydrogen (secondary N) is 2. The minimum absolute atomic E-state index is 0.00437. The van der Waals surface area contributed by atoms with Crippen LogP contribution in [0.2, 0.25) is 0 Å². The smallest absolute Gasteiger partial charge is 0.277 e. The molecule has 1 aliphatic rings. The van der Waals surface area contributed by atoms with Crippen molar-refractivity contribution in [3.8, 4) is 0 Å². The number of aromatic amines is 2. The summed E-state index contributed by atoms with van der Waals surface area (Å²) in [5, 5.41) is 0.399. The SMILES string of the molecule is O=C(CSc1nc2nc[nH]c2c(=O)[nH]1)N1CCc2ccccc21. The Morgan fingerprint density at radius 3 is 3.13 bits per heavy atom. The maximum absolute atomic E-state index is 12.4. The summed E-state index contributed by atoms with van der Waals surface area (Å²) in [6.45, 7) is 0.696. The van der Waals surface area contributed by atoms with Gasteiger partial charge in [0, 0.05) is 12.2 Å². The van der Waals surface area contributed by atoms with E-state index in [1.54, 1.807) is 4.90 Å². The fraction of sp³-hybridized carbons (Fsp3) is 0.200. The van der Waals surface area contributed by atoms with Gasteiger partial charge in [-0.3, -0.25) is 14.6 Å². The minimum atomic E-state index is -0.283. The summed E-state index contributed by atoms with van der Waals surface area (Å²) in [5.74, 6) is 0.220. The molecule has 2 aromatic heterocycles. The van der Waals surface area contributed by atoms with Crippen LogP contribution in [0.1, 0.15) is 5.56 Å². The van der Waals surface area contributed by atoms with Gasteiger partial charge in [0.05, 0.1) is 12.1 Å². The van der Waals surface area contributed by atoms with Gasteiger partial charge >= 0.3 is 0 Å². The number of imidazole rings is 1. The lowest BCUT2D eigenvalue weighted by Crippen LogP contribution is -2.30. The number of nitrogens with zero attached hydrogens (tertiary/aromatic N) is 3. The second-order valence-corrected chi connectivity index (χ2v) is 6.15. The predicted octanol–water partition coefficient (Wildman–Crippen LogP) is 1.33. The van der Waals surface area contributed by atoms with Crippen molar-refractivity contribution in [2.45, 2.75) is 11.6 Å². The van der Waals surface area contributed by atoms with E-state index in [4.69, 9.17) is 0 Å². The zero-order chi connectivity index (χ0) is 15.8. The largest absolute Gasteiger partial charge is 0.339 e. The number of anilines is 1. The highest BCUT2D eigenvalue weighted by Gasteiger charge is 2.24. The normalized spacial score (nSPS) is 13.5. The standard InChI is InChI=1S/C15H13N5O2S/c21-11(20-6-5-9-3-1-2-4-10(9)20)7-23-15-18-13-12(14(22)19-15)16-8-17-13/h1-4,8H,5-7H2,(H2,16,17,18,19,22). The van der Waals surface area contributed by atoms with Crippen LogP contribution in [0.4, 0.5) is 5.69 Å². The van der Waals surface area contributed by atoms with Crippen molar-refractivity contribution in [3.63, 3.8) is 0 Å². The first-order valence-corrected chi connectivity index (χ1v) is 8.15. The van der Waals surface area contributed by atoms with E-state index in [0.29, 0.717) is 22.9 Å². The first-order chi connectivity index (χ1) is 11.2. The number of rotatable bonds is 3. The van der Waals surface area contributed by atoms with Crippen molar-refractivity contribution in [3.05, 3.63) is 46.5 Å². The van der Waals surface area contributed by atoms with E-state index in [-0.39, 0.29) is 17.2 Å². The number of hydrogen-bond acceptors (Lipinski definition) is 5. The van der Waals surface area contributed by atoms with Gasteiger partial charge in [-0.05, 0) is 18.1 Å². The summed E-state index contributed by atoms with van der Waals surface area (Å²) in [6.07, 6.45) is 2.30. The van der Waals surface area contributed by atoms with Crippen molar-refractivity contribution in [1.29, 1.82) is 0 Å². The molecule has 23 heavy (non-hydrogen) atoms. The molecular formula is C15H13N5O2S. The van der Waals surface area contributed by atoms with Gasteiger partial charge in [0.1, 0.15) is 0 Å². The number of aromatic nitrogens is 4. The molecule has 8 heteroatoms. The molecule has 0 bridgehead atoms. The fourth-order valence-electron chi connectivity index (χ4n) is 2.70. The van der Waals surface area contributed by atoms with E-state index in [9.17, 15) is 9.59 Å². The number of fused-ring (bicyclic) bond motifs is 2. The van der Waals surface area contributed by atoms with Crippen molar-refractivity contribution in [2.24, 2.45) is 0 Å². The average molecular weight is 327 g/mol. The van der Waals surface area contributed by atoms with Crippen molar-refractivity contribution in [2.75, 3.05) is 17.2 Å². The molecule has 116 valence electrons. The number of amides is 1. The van der Waals surface area contributed by atoms with Crippen LogP contribution in [0.3, 0.4) is 0 Å². The van der Waals surface area contributed by atoms with E-state index in [0.717, 1.165) is 12.1 Å². The number of thioether (sulfide) groups is 1. The van der Waals surface area contributed by atoms with Gasteiger partial charge < -0.3 is 9.88 Å². The second kappa shape index (κ2) is 5.54. The molecule has 2 N–H and O–H groups in total. The van der Waals surface area contributed by atoms with Gasteiger partial charge in [-0.15, -0.1) is 0 Å². The predicted molar refractivity (Wildman–Crippen MR) is 87.7 cm³/mol. The molecule has 0 saturated carbocycles. The quantitative estimate of drug-likeness (QED) is 0.559. The first kappa shape index (κ1) is 14.0. The number of H-pyrrole nitrogens is 2. The van der Waals surface area contributed by atoms with E-state index in [1.807, 2.05) is 24.3 Å². The molecular weight excluding hydrogens is 314 g/mol. The third-order valence-corrected chi connectivity index (χ3v) is 4.65. The van der Waals surface area contributed by atoms with Gasteiger partial charge in [0.25, 0.3) is 5.56 Å². The molecule has 0 unspecified atom stereocenters. The van der Waals surface area contributed by atoms with Gasteiger partial charge in [0.2, 0.25) is 5.91 Å². The number of carbonyl (C=O) groups is 1. The summed E-state index contributed by atoms with van der Waals surface area (Å²) in [6, 6.07) is 7.92. The number of benzene rings is 1. The van der Waals surface area contributed by atoms with Crippen LogP contribution in [-0.2, 0) is 11.2 Å². The molecule has 0 atom stereocenters. The molecule has 0 saturated heterocycles. The number of carbonyl (C=O) groups excluding carboxylic acids is 1. The monoisotopic (exact) mass is 327 g/mol. The van der Waals surface area contributed by atoms with Crippen LogP contribution < -0.4 is 10.5 Å². The second-order valence-electron chi connectivity index (χ2n) is 5.18. The molecule has 1 amide bonds. The van der Waals surface area contributed by atoms with Gasteiger partial charge in [0.15, 0.2) is 16.3 Å². The molecule has 4 rings (SSSR count). The van der Waals surface area contributed by atoms with Crippen molar-refractivity contribution in [1.82, 2.24) is 19.9 Å². The highest BCUT2D eigenvalue weighted by atomic mass is 32.2. The Labute approximate surface area is 135 Å². The maximum Gasteiger partial charge on any atom is 0.277 e. The molecule has 0 spiro atoms. The lowest BCUT2D eigenvalue weighted by atomic mass is 10.2. The number of hydrogen-bond donors (Lipinski definition) is 2. The van der Waals surface area contributed by atoms with Crippen LogP contribution in [0.15, 0.2) is 40.5 Å². The van der Waals surface area contributed by atoms with E-state index >= 15 is 0 Å². The summed E-state index contributed by atoms with van der Waals surface area (Å²) in [7, 11) is 0. The maximum atomic E-state index is 12.4. The molecule has 1 aliphatic heterocycles. The molecule has 7 nitrogen and oxygen atoms in total. The third kappa shape index (κ3) is 2.50. The summed E-state index contributed by atoms with van der Waals surface area (Å²) in [4.78, 5) is 39.7. The summed E-state index contributed by atoms with van der Waals surface area (Å²) < 4.78 is 0. The Hall–Kier alpha value is -2.61. The lowest BCUT2D eigenvalue weighted by Gasteiger charge is -2.16. The van der Waals surface area contributed by atoms with Gasteiger partial charge in [-0.25, -0.2) is 9.97 Å². The van der Waals surface area contributed by atoms with Crippen LogP contribution in [-0.4, -0.2) is 38.1 Å². The van der Waals surface area contributed by atoms with E-state index < -0.39 is 0 Å². The van der Waals surface area contributed by atoms with Crippen LogP contribution in [0, 0.1) is 0 Å². The van der Waals surface area contributed by atoms with Crippen LogP contribution in [0.25, 0.3) is 11.2 Å². The lowest BCUT2D eigenvalue weighted by molar-refractivity contribution is -0.116. The fourth-order valence-corrected chi connectivity index (χ4v) is 3.43. The zero-order valence-electron chi connectivity index (χ0n) is 12.1. The van der Waals surface area contributed by atoms with Gasteiger partial charge in [-0.1, -0.05) is 30.0 Å². The summed E-state index contributed by atoms with van der Waals surface area (Å²) >= 11 is 1.21. The third-order valence-electron chi connectivity index (χ3n) is 3.79. The minimum Gasteiger partial charge on any atom is -0.339 e. The zero-order valence-corrected chi connectivity index (χ0v) is 12.9. The van der Waals surface area contributed by atoms with E-state index in [1.165, 1.54) is 23.7 Å². The molecule has 0 fully saturated rings. The Morgan fingerprint density at radius 2 is 2.22 bits per heavy atom. The molecule has 3 aromatic rings. The molecule has 1 aromatic carbocycles. The highest BCUT2D eigenvalue weighted by Crippen LogP contribution is 2.28.